The molecule has 4 heterocycles. The fraction of sp³-hybridized carbons (Fsp3) is 0.300. The van der Waals surface area contributed by atoms with E-state index in [9.17, 15) is 19.2 Å². The predicted octanol–water partition coefficient (Wildman–Crippen LogP) is 0.682. The van der Waals surface area contributed by atoms with Crippen LogP contribution in [0.4, 0.5) is 5.82 Å². The number of carboxylic acids is 1. The van der Waals surface area contributed by atoms with E-state index in [-0.39, 0.29) is 32.2 Å². The van der Waals surface area contributed by atoms with Gasteiger partial charge in [-0.1, -0.05) is 30.0 Å². The number of carbonyl (C=O) groups excluding carboxylic acids is 2. The lowest BCUT2D eigenvalue weighted by Crippen LogP contribution is -2.40. The molecular weight excluding hydrogens is 454 g/mol. The Bertz CT molecular complexity index is 1230. The molecule has 2 aromatic rings. The van der Waals surface area contributed by atoms with Crippen molar-refractivity contribution in [1.29, 1.82) is 0 Å². The van der Waals surface area contributed by atoms with Gasteiger partial charge in [-0.05, 0) is 31.1 Å². The summed E-state index contributed by atoms with van der Waals surface area (Å²) in [4.78, 5) is 56.3. The van der Waals surface area contributed by atoms with Crippen molar-refractivity contribution >= 4 is 63.6 Å². The molecule has 12 heteroatoms. The molecule has 10 nitrogen and oxygen atoms in total. The van der Waals surface area contributed by atoms with E-state index in [4.69, 9.17) is 23.1 Å². The first-order valence-electron chi connectivity index (χ1n) is 9.79. The van der Waals surface area contributed by atoms with Crippen molar-refractivity contribution in [3.63, 3.8) is 0 Å². The zero-order chi connectivity index (χ0) is 23.0. The van der Waals surface area contributed by atoms with Gasteiger partial charge in [-0.25, -0.2) is 4.98 Å². The van der Waals surface area contributed by atoms with Gasteiger partial charge in [-0.15, -0.1) is 0 Å². The number of primary amides is 1. The van der Waals surface area contributed by atoms with Gasteiger partial charge in [0.05, 0.1) is 10.5 Å². The number of nitrogens with two attached hydrogens (primary N) is 1. The van der Waals surface area contributed by atoms with Gasteiger partial charge in [0, 0.05) is 25.2 Å². The molecule has 3 N–H and O–H groups in total. The summed E-state index contributed by atoms with van der Waals surface area (Å²) >= 11 is 6.09. The Morgan fingerprint density at radius 1 is 1.28 bits per heavy atom. The number of fused-ring (bicyclic) bond motifs is 1. The van der Waals surface area contributed by atoms with Gasteiger partial charge in [0.15, 0.2) is 0 Å². The highest BCUT2D eigenvalue weighted by Gasteiger charge is 2.34. The Labute approximate surface area is 191 Å². The number of carboxylic acid groups (broad SMARTS) is 1. The van der Waals surface area contributed by atoms with Gasteiger partial charge in [0.2, 0.25) is 5.91 Å². The first-order chi connectivity index (χ1) is 15.3. The van der Waals surface area contributed by atoms with E-state index in [2.05, 4.69) is 4.98 Å². The highest BCUT2D eigenvalue weighted by molar-refractivity contribution is 8.26. The summed E-state index contributed by atoms with van der Waals surface area (Å²) in [7, 11) is 0. The standard InChI is InChI=1S/C20H19N5O5S2/c21-16(28)11-4-7-23(8-5-11)17-12(18(29)24-6-2-1-3-14(24)22-17)9-13-19(30)25(10-15(26)27)20(31)32-13/h1-3,6,9,11H,4-5,7-8,10H2,(H2,21,28)(H,26,27). The van der Waals surface area contributed by atoms with Crippen molar-refractivity contribution in [2.75, 3.05) is 24.5 Å². The van der Waals surface area contributed by atoms with Gasteiger partial charge < -0.3 is 15.7 Å². The third-order valence-electron chi connectivity index (χ3n) is 5.39. The number of aromatic nitrogens is 2. The number of amides is 2. The minimum absolute atomic E-state index is 0.112. The summed E-state index contributed by atoms with van der Waals surface area (Å²) < 4.78 is 1.49. The van der Waals surface area contributed by atoms with Crippen LogP contribution in [-0.4, -0.2) is 61.1 Å². The van der Waals surface area contributed by atoms with Crippen molar-refractivity contribution in [3.8, 4) is 0 Å². The maximum Gasteiger partial charge on any atom is 0.323 e. The Morgan fingerprint density at radius 2 is 2.00 bits per heavy atom. The Morgan fingerprint density at radius 3 is 2.66 bits per heavy atom. The number of hydrogen-bond donors (Lipinski definition) is 2. The van der Waals surface area contributed by atoms with Crippen molar-refractivity contribution in [1.82, 2.24) is 14.3 Å². The molecule has 0 radical (unpaired) electrons. The van der Waals surface area contributed by atoms with Crippen LogP contribution in [0.3, 0.4) is 0 Å². The van der Waals surface area contributed by atoms with Crippen LogP contribution in [-0.2, 0) is 14.4 Å². The number of carbonyl (C=O) groups is 3. The molecule has 0 aromatic carbocycles. The minimum Gasteiger partial charge on any atom is -0.480 e. The molecule has 166 valence electrons. The van der Waals surface area contributed by atoms with Crippen LogP contribution in [0.15, 0.2) is 34.1 Å². The molecule has 0 saturated carbocycles. The molecule has 0 unspecified atom stereocenters. The lowest BCUT2D eigenvalue weighted by atomic mass is 9.96. The second kappa shape index (κ2) is 8.71. The van der Waals surface area contributed by atoms with Crippen LogP contribution in [0.2, 0.25) is 0 Å². The van der Waals surface area contributed by atoms with Crippen molar-refractivity contribution in [2.24, 2.45) is 11.7 Å². The van der Waals surface area contributed by atoms with Crippen LogP contribution in [0.5, 0.6) is 0 Å². The largest absolute Gasteiger partial charge is 0.480 e. The number of rotatable bonds is 5. The summed E-state index contributed by atoms with van der Waals surface area (Å²) in [5, 5.41) is 9.04. The average Bonchev–Trinajstić information content (AvgIpc) is 3.02. The number of anilines is 1. The lowest BCUT2D eigenvalue weighted by molar-refractivity contribution is -0.140. The topological polar surface area (TPSA) is 138 Å². The van der Waals surface area contributed by atoms with E-state index in [1.807, 2.05) is 4.90 Å². The Balaban J connectivity index is 1.78. The minimum atomic E-state index is -1.19. The number of thiocarbonyl (C=S) groups is 1. The van der Waals surface area contributed by atoms with Crippen molar-refractivity contribution < 1.29 is 19.5 Å². The van der Waals surface area contributed by atoms with Crippen molar-refractivity contribution in [2.45, 2.75) is 12.8 Å². The van der Waals surface area contributed by atoms with Gasteiger partial charge in [-0.3, -0.25) is 28.5 Å². The van der Waals surface area contributed by atoms with Crippen LogP contribution in [0.1, 0.15) is 18.4 Å². The van der Waals surface area contributed by atoms with E-state index in [1.165, 1.54) is 10.5 Å². The number of thioether (sulfide) groups is 1. The fourth-order valence-electron chi connectivity index (χ4n) is 3.74. The molecule has 4 rings (SSSR count). The van der Waals surface area contributed by atoms with Crippen LogP contribution in [0, 0.1) is 5.92 Å². The summed E-state index contributed by atoms with van der Waals surface area (Å²) in [5.74, 6) is -1.94. The number of nitrogens with zero attached hydrogens (tertiary/aromatic N) is 4. The van der Waals surface area contributed by atoms with Crippen molar-refractivity contribution in [3.05, 3.63) is 45.2 Å². The smallest absolute Gasteiger partial charge is 0.323 e. The number of piperidine rings is 1. The Kier molecular flexibility index (Phi) is 5.98. The quantitative estimate of drug-likeness (QED) is 0.474. The average molecular weight is 474 g/mol. The molecule has 2 aliphatic rings. The molecule has 2 aliphatic heterocycles. The van der Waals surface area contributed by atoms with E-state index >= 15 is 0 Å². The highest BCUT2D eigenvalue weighted by Crippen LogP contribution is 2.34. The normalized spacial score (nSPS) is 18.7. The van der Waals surface area contributed by atoms with Gasteiger partial charge >= 0.3 is 5.97 Å². The maximum atomic E-state index is 13.3. The summed E-state index contributed by atoms with van der Waals surface area (Å²) in [6.45, 7) is 0.401. The molecule has 0 aliphatic carbocycles. The molecule has 0 spiro atoms. The fourth-order valence-corrected chi connectivity index (χ4v) is 4.97. The monoisotopic (exact) mass is 473 g/mol. The summed E-state index contributed by atoms with van der Waals surface area (Å²) in [6, 6.07) is 5.17. The van der Waals surface area contributed by atoms with Gasteiger partial charge in [0.1, 0.15) is 22.3 Å². The number of aliphatic carboxylic acids is 1. The second-order valence-electron chi connectivity index (χ2n) is 7.41. The molecule has 32 heavy (non-hydrogen) atoms. The molecule has 2 fully saturated rings. The first kappa shape index (κ1) is 22.0. The Hall–Kier alpha value is -3.25. The highest BCUT2D eigenvalue weighted by atomic mass is 32.2. The van der Waals surface area contributed by atoms with E-state index in [0.29, 0.717) is 37.4 Å². The summed E-state index contributed by atoms with van der Waals surface area (Å²) in [6.07, 6.45) is 4.07. The van der Waals surface area contributed by atoms with Crippen LogP contribution < -0.4 is 16.2 Å². The summed E-state index contributed by atoms with van der Waals surface area (Å²) in [5.41, 5.74) is 5.70. The molecule has 2 aromatic heterocycles. The molecule has 0 atom stereocenters. The lowest BCUT2D eigenvalue weighted by Gasteiger charge is -2.32. The predicted molar refractivity (Wildman–Crippen MR) is 123 cm³/mol. The van der Waals surface area contributed by atoms with E-state index in [1.54, 1.807) is 24.4 Å². The van der Waals surface area contributed by atoms with E-state index < -0.39 is 18.4 Å². The number of pyridine rings is 1. The maximum absolute atomic E-state index is 13.3. The molecule has 2 saturated heterocycles. The number of hydrogen-bond acceptors (Lipinski definition) is 8. The van der Waals surface area contributed by atoms with Gasteiger partial charge in [0.25, 0.3) is 11.5 Å². The zero-order valence-corrected chi connectivity index (χ0v) is 18.4. The van der Waals surface area contributed by atoms with E-state index in [0.717, 1.165) is 16.7 Å². The molecular formula is C20H19N5O5S2. The van der Waals surface area contributed by atoms with Gasteiger partial charge in [-0.2, -0.15) is 0 Å². The second-order valence-corrected chi connectivity index (χ2v) is 9.08. The van der Waals surface area contributed by atoms with Crippen LogP contribution in [0.25, 0.3) is 11.7 Å². The first-order valence-corrected chi connectivity index (χ1v) is 11.0. The SMILES string of the molecule is NC(=O)C1CCN(c2nc3ccccn3c(=O)c2C=C2SC(=S)N(CC(=O)O)C2=O)CC1. The molecule has 2 amide bonds. The van der Waals surface area contributed by atoms with Crippen LogP contribution >= 0.6 is 24.0 Å². The third kappa shape index (κ3) is 4.10. The molecule has 0 bridgehead atoms. The zero-order valence-electron chi connectivity index (χ0n) is 16.8. The third-order valence-corrected chi connectivity index (χ3v) is 6.77.